The lowest BCUT2D eigenvalue weighted by Crippen LogP contribution is -2.71. The molecule has 1 aliphatic carbocycles. The minimum atomic E-state index is -0.280. The normalized spacial score (nSPS) is 21.9. The predicted octanol–water partition coefficient (Wildman–Crippen LogP) is 3.03. The minimum absolute atomic E-state index is 0.183. The number of halogens is 1. The molecule has 32 heavy (non-hydrogen) atoms. The number of aromatic nitrogens is 5. The average molecular weight is 434 g/mol. The van der Waals surface area contributed by atoms with Crippen molar-refractivity contribution in [3.05, 3.63) is 35.7 Å². The summed E-state index contributed by atoms with van der Waals surface area (Å²) in [6.07, 6.45) is 4.09. The molecule has 0 amide bonds. The molecular weight excluding hydrogens is 411 g/mol. The average Bonchev–Trinajstić information content (AvgIpc) is 3.15. The molecular formula is C22H23FN8O. The quantitative estimate of drug-likeness (QED) is 0.449. The molecule has 2 aliphatic rings. The first kappa shape index (κ1) is 19.2. The fourth-order valence-corrected chi connectivity index (χ4v) is 4.85. The number of fused-ring (bicyclic) bond motifs is 4. The molecule has 6 rings (SSSR count). The van der Waals surface area contributed by atoms with Gasteiger partial charge in [0, 0.05) is 37.0 Å². The molecule has 3 aromatic heterocycles. The number of rotatable bonds is 4. The van der Waals surface area contributed by atoms with E-state index in [1.54, 1.807) is 33.3 Å². The molecule has 4 heterocycles. The maximum Gasteiger partial charge on any atom is 0.326 e. The van der Waals surface area contributed by atoms with Crippen molar-refractivity contribution in [2.45, 2.75) is 32.4 Å². The summed E-state index contributed by atoms with van der Waals surface area (Å²) >= 11 is 0. The molecule has 9 nitrogen and oxygen atoms in total. The fourth-order valence-electron chi connectivity index (χ4n) is 4.85. The number of nitrogens with one attached hydrogen (secondary N) is 2. The Kier molecular flexibility index (Phi) is 4.03. The first-order chi connectivity index (χ1) is 15.4. The molecule has 1 saturated heterocycles. The number of hydrogen-bond donors (Lipinski definition) is 3. The SMILES string of the molecule is CNc1cc(F)c(C)c2c1[nH]c1nc(Oc3cnc(C)nc3)nc(N3CC4[C@H](N)C[C@@H]43)c12. The van der Waals surface area contributed by atoms with Gasteiger partial charge in [0.05, 0.1) is 29.0 Å². The van der Waals surface area contributed by atoms with E-state index in [0.29, 0.717) is 40.4 Å². The van der Waals surface area contributed by atoms with Gasteiger partial charge < -0.3 is 25.7 Å². The minimum Gasteiger partial charge on any atom is -0.421 e. The van der Waals surface area contributed by atoms with Crippen molar-refractivity contribution in [2.75, 3.05) is 23.8 Å². The van der Waals surface area contributed by atoms with Crippen molar-refractivity contribution in [3.63, 3.8) is 0 Å². The van der Waals surface area contributed by atoms with Crippen LogP contribution < -0.4 is 20.7 Å². The summed E-state index contributed by atoms with van der Waals surface area (Å²) in [5.74, 6) is 2.01. The Balaban J connectivity index is 1.56. The van der Waals surface area contributed by atoms with Crippen molar-refractivity contribution < 1.29 is 9.13 Å². The van der Waals surface area contributed by atoms with Gasteiger partial charge in [-0.15, -0.1) is 0 Å². The van der Waals surface area contributed by atoms with Gasteiger partial charge in [0.15, 0.2) is 5.75 Å². The number of benzene rings is 1. The van der Waals surface area contributed by atoms with Gasteiger partial charge in [-0.2, -0.15) is 9.97 Å². The van der Waals surface area contributed by atoms with Crippen LogP contribution in [0.15, 0.2) is 18.5 Å². The second-order valence-corrected chi connectivity index (χ2v) is 8.56. The molecule has 164 valence electrons. The van der Waals surface area contributed by atoms with Crippen molar-refractivity contribution in [1.29, 1.82) is 0 Å². The largest absolute Gasteiger partial charge is 0.421 e. The molecule has 1 saturated carbocycles. The van der Waals surface area contributed by atoms with Gasteiger partial charge in [0.2, 0.25) is 0 Å². The van der Waals surface area contributed by atoms with Gasteiger partial charge in [-0.05, 0) is 31.9 Å². The molecule has 10 heteroatoms. The summed E-state index contributed by atoms with van der Waals surface area (Å²) in [6, 6.07) is 2.24. The number of aryl methyl sites for hydroxylation is 2. The van der Waals surface area contributed by atoms with E-state index in [1.165, 1.54) is 6.07 Å². The van der Waals surface area contributed by atoms with Gasteiger partial charge in [0.25, 0.3) is 0 Å². The predicted molar refractivity (Wildman–Crippen MR) is 120 cm³/mol. The molecule has 2 fully saturated rings. The summed E-state index contributed by atoms with van der Waals surface area (Å²) in [4.78, 5) is 23.3. The van der Waals surface area contributed by atoms with E-state index in [9.17, 15) is 4.39 Å². The number of H-pyrrole nitrogens is 1. The standard InChI is InChI=1S/C22H23FN8O/c1-9-13(23)4-15(25-3)19-17(9)18-20(28-19)29-22(32-11-6-26-10(2)27-7-11)30-21(18)31-8-12-14(24)5-16(12)31/h4,6-7,12,14,16,25H,5,8,24H2,1-3H3,(H,28,29,30)/t12?,14-,16+/m1/s1. The van der Waals surface area contributed by atoms with E-state index < -0.39 is 0 Å². The van der Waals surface area contributed by atoms with Gasteiger partial charge >= 0.3 is 6.01 Å². The molecule has 1 aromatic carbocycles. The monoisotopic (exact) mass is 434 g/mol. The number of nitrogens with zero attached hydrogens (tertiary/aromatic N) is 5. The van der Waals surface area contributed by atoms with Crippen LogP contribution in [-0.2, 0) is 0 Å². The molecule has 0 bridgehead atoms. The van der Waals surface area contributed by atoms with Crippen LogP contribution >= 0.6 is 0 Å². The topological polar surface area (TPSA) is 118 Å². The van der Waals surface area contributed by atoms with Gasteiger partial charge in [0.1, 0.15) is 23.1 Å². The maximum atomic E-state index is 14.8. The van der Waals surface area contributed by atoms with Crippen LogP contribution in [0.2, 0.25) is 0 Å². The first-order valence-electron chi connectivity index (χ1n) is 10.6. The zero-order chi connectivity index (χ0) is 22.1. The lowest BCUT2D eigenvalue weighted by atomic mass is 9.67. The van der Waals surface area contributed by atoms with E-state index in [4.69, 9.17) is 15.5 Å². The zero-order valence-electron chi connectivity index (χ0n) is 18.0. The molecule has 3 atom stereocenters. The Morgan fingerprint density at radius 1 is 1.22 bits per heavy atom. The van der Waals surface area contributed by atoms with Crippen LogP contribution in [0, 0.1) is 25.6 Å². The second kappa shape index (κ2) is 6.73. The Labute approximate surface area is 183 Å². The zero-order valence-corrected chi connectivity index (χ0v) is 18.0. The van der Waals surface area contributed by atoms with Gasteiger partial charge in [-0.25, -0.2) is 14.4 Å². The third-order valence-electron chi connectivity index (χ3n) is 6.76. The highest BCUT2D eigenvalue weighted by Crippen LogP contribution is 2.47. The molecule has 4 N–H and O–H groups in total. The molecule has 1 unspecified atom stereocenters. The summed E-state index contributed by atoms with van der Waals surface area (Å²) in [6.45, 7) is 4.39. The van der Waals surface area contributed by atoms with Crippen LogP contribution in [0.1, 0.15) is 17.8 Å². The molecule has 4 aromatic rings. The Morgan fingerprint density at radius 2 is 2.00 bits per heavy atom. The highest BCUT2D eigenvalue weighted by Gasteiger charge is 2.52. The summed E-state index contributed by atoms with van der Waals surface area (Å²) in [5.41, 5.74) is 8.74. The molecule has 0 radical (unpaired) electrons. The van der Waals surface area contributed by atoms with E-state index in [0.717, 1.165) is 35.1 Å². The van der Waals surface area contributed by atoms with Crippen molar-refractivity contribution in [3.8, 4) is 11.8 Å². The van der Waals surface area contributed by atoms with E-state index in [1.807, 2.05) is 0 Å². The number of piperidine rings is 1. The second-order valence-electron chi connectivity index (χ2n) is 8.56. The van der Waals surface area contributed by atoms with E-state index >= 15 is 0 Å². The van der Waals surface area contributed by atoms with Crippen LogP contribution in [0.4, 0.5) is 15.9 Å². The van der Waals surface area contributed by atoms with Crippen molar-refractivity contribution >= 4 is 33.4 Å². The fraction of sp³-hybridized carbons (Fsp3) is 0.364. The maximum absolute atomic E-state index is 14.8. The van der Waals surface area contributed by atoms with Crippen LogP contribution in [0.5, 0.6) is 11.8 Å². The Bertz CT molecular complexity index is 1370. The smallest absolute Gasteiger partial charge is 0.326 e. The third kappa shape index (κ3) is 2.65. The van der Waals surface area contributed by atoms with Crippen LogP contribution in [0.25, 0.3) is 21.9 Å². The lowest BCUT2D eigenvalue weighted by Gasteiger charge is -2.59. The van der Waals surface area contributed by atoms with Gasteiger partial charge in [-0.3, -0.25) is 0 Å². The number of ether oxygens (including phenoxy) is 1. The van der Waals surface area contributed by atoms with Crippen molar-refractivity contribution in [1.82, 2.24) is 24.9 Å². The van der Waals surface area contributed by atoms with Crippen LogP contribution in [-0.4, -0.2) is 50.6 Å². The third-order valence-corrected chi connectivity index (χ3v) is 6.76. The highest BCUT2D eigenvalue weighted by atomic mass is 19.1. The van der Waals surface area contributed by atoms with Crippen molar-refractivity contribution in [2.24, 2.45) is 11.7 Å². The Hall–Kier alpha value is -3.53. The number of aromatic amines is 1. The summed E-state index contributed by atoms with van der Waals surface area (Å²) in [5, 5.41) is 4.64. The molecule has 0 spiro atoms. The first-order valence-corrected chi connectivity index (χ1v) is 10.6. The summed E-state index contributed by atoms with van der Waals surface area (Å²) < 4.78 is 20.7. The summed E-state index contributed by atoms with van der Waals surface area (Å²) in [7, 11) is 1.77. The van der Waals surface area contributed by atoms with Gasteiger partial charge in [-0.1, -0.05) is 0 Å². The number of nitrogens with two attached hydrogens (primary N) is 1. The number of hydrogen-bond acceptors (Lipinski definition) is 8. The van der Waals surface area contributed by atoms with Crippen LogP contribution in [0.3, 0.4) is 0 Å². The lowest BCUT2D eigenvalue weighted by molar-refractivity contribution is 0.121. The van der Waals surface area contributed by atoms with E-state index in [2.05, 4.69) is 30.2 Å². The van der Waals surface area contributed by atoms with E-state index in [-0.39, 0.29) is 17.9 Å². The highest BCUT2D eigenvalue weighted by molar-refractivity contribution is 6.16. The number of anilines is 2. The Morgan fingerprint density at radius 3 is 2.66 bits per heavy atom. The molecule has 1 aliphatic heterocycles.